The molecule has 28 heavy (non-hydrogen) atoms. The van der Waals surface area contributed by atoms with Crippen LogP contribution >= 0.6 is 23.2 Å². The Kier molecular flexibility index (Phi) is 6.55. The Morgan fingerprint density at radius 1 is 0.750 bits per heavy atom. The van der Waals surface area contributed by atoms with E-state index >= 15 is 0 Å². The molecule has 3 aromatic carbocycles. The van der Waals surface area contributed by atoms with Crippen LogP contribution in [-0.4, -0.2) is 20.0 Å². The van der Waals surface area contributed by atoms with Crippen molar-refractivity contribution in [1.29, 1.82) is 0 Å². The molecule has 0 aliphatic rings. The number of carbonyl (C=O) groups is 1. The lowest BCUT2D eigenvalue weighted by molar-refractivity contribution is -0.116. The van der Waals surface area contributed by atoms with Gasteiger partial charge in [0.1, 0.15) is 11.0 Å². The first-order valence-corrected chi connectivity index (χ1v) is 11.1. The molecule has 0 bridgehead atoms. The lowest BCUT2D eigenvalue weighted by Gasteiger charge is -2.19. The van der Waals surface area contributed by atoms with Crippen LogP contribution in [0.5, 0.6) is 0 Å². The molecule has 6 heteroatoms. The van der Waals surface area contributed by atoms with Gasteiger partial charge in [-0.25, -0.2) is 8.42 Å². The molecule has 0 aliphatic carbocycles. The topological polar surface area (TPSA) is 51.2 Å². The molecule has 0 saturated heterocycles. The molecule has 3 rings (SSSR count). The second-order valence-corrected chi connectivity index (χ2v) is 9.45. The molecular formula is C22H18Cl2O3S. The highest BCUT2D eigenvalue weighted by Gasteiger charge is 2.31. The molecule has 0 atom stereocenters. The van der Waals surface area contributed by atoms with E-state index in [9.17, 15) is 13.2 Å². The van der Waals surface area contributed by atoms with Crippen LogP contribution < -0.4 is 0 Å². The van der Waals surface area contributed by atoms with Gasteiger partial charge in [0.25, 0.3) is 0 Å². The van der Waals surface area contributed by atoms with Crippen LogP contribution in [0, 0.1) is 0 Å². The van der Waals surface area contributed by atoms with Crippen LogP contribution in [-0.2, 0) is 21.1 Å². The van der Waals surface area contributed by atoms with Crippen LogP contribution in [0.4, 0.5) is 0 Å². The van der Waals surface area contributed by atoms with E-state index < -0.39 is 20.8 Å². The fraction of sp³-hybridized carbons (Fsp3) is 0.136. The van der Waals surface area contributed by atoms with Crippen molar-refractivity contribution in [1.82, 2.24) is 0 Å². The molecule has 3 aromatic rings. The van der Waals surface area contributed by atoms with Crippen molar-refractivity contribution in [2.75, 3.05) is 5.75 Å². The second-order valence-electron chi connectivity index (χ2n) is 6.49. The quantitative estimate of drug-likeness (QED) is 0.508. The van der Waals surface area contributed by atoms with Gasteiger partial charge in [-0.3, -0.25) is 4.79 Å². The number of hydrogen-bond donors (Lipinski definition) is 0. The number of rotatable bonds is 7. The fourth-order valence-electron chi connectivity index (χ4n) is 3.06. The molecule has 0 aromatic heterocycles. The van der Waals surface area contributed by atoms with Crippen LogP contribution in [0.3, 0.4) is 0 Å². The molecule has 0 unspecified atom stereocenters. The third-order valence-electron chi connectivity index (χ3n) is 4.31. The van der Waals surface area contributed by atoms with Crippen molar-refractivity contribution >= 4 is 38.8 Å². The third kappa shape index (κ3) is 5.22. The van der Waals surface area contributed by atoms with E-state index in [1.165, 1.54) is 0 Å². The van der Waals surface area contributed by atoms with Crippen molar-refractivity contribution in [3.63, 3.8) is 0 Å². The lowest BCUT2D eigenvalue weighted by Crippen LogP contribution is -2.24. The Morgan fingerprint density at radius 3 is 1.68 bits per heavy atom. The minimum absolute atomic E-state index is 0.0774. The Morgan fingerprint density at radius 2 is 1.21 bits per heavy atom. The summed E-state index contributed by atoms with van der Waals surface area (Å²) in [6.45, 7) is 0. The maximum atomic E-state index is 13.2. The largest absolute Gasteiger partial charge is 0.298 e. The minimum Gasteiger partial charge on any atom is -0.298 e. The Balaban J connectivity index is 1.92. The standard InChI is InChI=1S/C22H18Cl2O3S/c23-19-10-6-17(7-11-19)22(18-8-12-20(24)13-9-18)28(26,27)15-21(25)14-16-4-2-1-3-5-16/h1-13,22H,14-15H2. The number of carbonyl (C=O) groups excluding carboxylic acids is 1. The van der Waals surface area contributed by atoms with Gasteiger partial charge in [-0.15, -0.1) is 0 Å². The van der Waals surface area contributed by atoms with Crippen LogP contribution in [0.1, 0.15) is 21.9 Å². The number of benzene rings is 3. The van der Waals surface area contributed by atoms with Gasteiger partial charge in [0.2, 0.25) is 0 Å². The van der Waals surface area contributed by atoms with E-state index in [4.69, 9.17) is 23.2 Å². The zero-order chi connectivity index (χ0) is 20.1. The summed E-state index contributed by atoms with van der Waals surface area (Å²) in [5.41, 5.74) is 1.90. The van der Waals surface area contributed by atoms with Crippen molar-refractivity contribution in [2.24, 2.45) is 0 Å². The summed E-state index contributed by atoms with van der Waals surface area (Å²) in [5.74, 6) is -0.892. The maximum absolute atomic E-state index is 13.2. The van der Waals surface area contributed by atoms with Crippen molar-refractivity contribution < 1.29 is 13.2 Å². The molecule has 0 radical (unpaired) electrons. The third-order valence-corrected chi connectivity index (χ3v) is 6.80. The molecule has 0 heterocycles. The highest BCUT2D eigenvalue weighted by molar-refractivity contribution is 7.92. The van der Waals surface area contributed by atoms with E-state index in [0.717, 1.165) is 5.56 Å². The normalized spacial score (nSPS) is 11.5. The Hall–Kier alpha value is -2.14. The summed E-state index contributed by atoms with van der Waals surface area (Å²) >= 11 is 11.9. The summed E-state index contributed by atoms with van der Waals surface area (Å²) in [4.78, 5) is 12.5. The van der Waals surface area contributed by atoms with E-state index in [1.807, 2.05) is 18.2 Å². The van der Waals surface area contributed by atoms with Crippen LogP contribution in [0.2, 0.25) is 10.0 Å². The molecule has 0 spiro atoms. The molecule has 0 amide bonds. The zero-order valence-corrected chi connectivity index (χ0v) is 17.2. The van der Waals surface area contributed by atoms with Gasteiger partial charge >= 0.3 is 0 Å². The number of ketones is 1. The molecule has 144 valence electrons. The molecular weight excluding hydrogens is 415 g/mol. The first-order valence-electron chi connectivity index (χ1n) is 8.63. The molecule has 0 saturated carbocycles. The van der Waals surface area contributed by atoms with Crippen LogP contribution in [0.25, 0.3) is 0 Å². The van der Waals surface area contributed by atoms with Gasteiger partial charge in [-0.05, 0) is 41.0 Å². The molecule has 3 nitrogen and oxygen atoms in total. The predicted octanol–water partition coefficient (Wildman–Crippen LogP) is 5.31. The van der Waals surface area contributed by atoms with Gasteiger partial charge < -0.3 is 0 Å². The van der Waals surface area contributed by atoms with Crippen molar-refractivity contribution in [3.05, 3.63) is 106 Å². The second kappa shape index (κ2) is 8.91. The first-order chi connectivity index (χ1) is 13.3. The number of sulfone groups is 1. The SMILES string of the molecule is O=C(Cc1ccccc1)CS(=O)(=O)C(c1ccc(Cl)cc1)c1ccc(Cl)cc1. The monoisotopic (exact) mass is 432 g/mol. The van der Waals surface area contributed by atoms with Gasteiger partial charge in [0.05, 0.1) is 0 Å². The fourth-order valence-corrected chi connectivity index (χ4v) is 5.18. The van der Waals surface area contributed by atoms with Gasteiger partial charge in [-0.1, -0.05) is 77.8 Å². The lowest BCUT2D eigenvalue weighted by atomic mass is 10.0. The number of Topliss-reactive ketones (excluding diaryl/α,β-unsaturated/α-hetero) is 1. The Labute approximate surface area is 174 Å². The van der Waals surface area contributed by atoms with Crippen LogP contribution in [0.15, 0.2) is 78.9 Å². The minimum atomic E-state index is -3.81. The number of hydrogen-bond acceptors (Lipinski definition) is 3. The van der Waals surface area contributed by atoms with Gasteiger partial charge in [0.15, 0.2) is 15.6 Å². The highest BCUT2D eigenvalue weighted by atomic mass is 35.5. The maximum Gasteiger partial charge on any atom is 0.168 e. The molecule has 0 N–H and O–H groups in total. The summed E-state index contributed by atoms with van der Waals surface area (Å²) in [6, 6.07) is 22.3. The summed E-state index contributed by atoms with van der Waals surface area (Å²) in [7, 11) is -3.81. The molecule has 0 aliphatic heterocycles. The van der Waals surface area contributed by atoms with E-state index in [2.05, 4.69) is 0 Å². The van der Waals surface area contributed by atoms with E-state index in [0.29, 0.717) is 21.2 Å². The van der Waals surface area contributed by atoms with Gasteiger partial charge in [-0.2, -0.15) is 0 Å². The summed E-state index contributed by atoms with van der Waals surface area (Å²) in [6.07, 6.45) is 0.0774. The van der Waals surface area contributed by atoms with E-state index in [1.54, 1.807) is 60.7 Å². The smallest absolute Gasteiger partial charge is 0.168 e. The summed E-state index contributed by atoms with van der Waals surface area (Å²) < 4.78 is 26.4. The summed E-state index contributed by atoms with van der Waals surface area (Å²) in [5, 5.41) is 0.0501. The Bertz CT molecular complexity index is 1000. The average Bonchev–Trinajstić information content (AvgIpc) is 2.65. The first kappa shape index (κ1) is 20.6. The molecule has 0 fully saturated rings. The van der Waals surface area contributed by atoms with Crippen molar-refractivity contribution in [2.45, 2.75) is 11.7 Å². The van der Waals surface area contributed by atoms with E-state index in [-0.39, 0.29) is 12.2 Å². The highest BCUT2D eigenvalue weighted by Crippen LogP contribution is 2.32. The number of halogens is 2. The predicted molar refractivity (Wildman–Crippen MR) is 114 cm³/mol. The zero-order valence-electron chi connectivity index (χ0n) is 14.9. The van der Waals surface area contributed by atoms with Gasteiger partial charge in [0, 0.05) is 16.5 Å². The average molecular weight is 433 g/mol. The van der Waals surface area contributed by atoms with Crippen molar-refractivity contribution in [3.8, 4) is 0 Å².